The van der Waals surface area contributed by atoms with Gasteiger partial charge in [0.2, 0.25) is 0 Å². The zero-order valence-electron chi connectivity index (χ0n) is 15.3. The first-order chi connectivity index (χ1) is 13.9. The van der Waals surface area contributed by atoms with Crippen LogP contribution in [0.3, 0.4) is 0 Å². The topological polar surface area (TPSA) is 86.9 Å². The second kappa shape index (κ2) is 7.50. The van der Waals surface area contributed by atoms with Crippen LogP contribution < -0.4 is 10.2 Å². The Morgan fingerprint density at radius 3 is 2.86 bits per heavy atom. The molecule has 0 radical (unpaired) electrons. The van der Waals surface area contributed by atoms with Crippen molar-refractivity contribution in [1.82, 2.24) is 14.9 Å². The van der Waals surface area contributed by atoms with Crippen molar-refractivity contribution in [3.05, 3.63) is 65.5 Å². The van der Waals surface area contributed by atoms with E-state index in [4.69, 9.17) is 5.11 Å². The molecule has 9 heteroatoms. The number of pyridine rings is 1. The van der Waals surface area contributed by atoms with Crippen LogP contribution in [0.25, 0.3) is 5.52 Å². The number of carboxylic acid groups (broad SMARTS) is 1. The standard InChI is InChI=1S/C20H18F2N4O3/c21-12-3-4-16(22)14(8-12)17-2-1-6-25(17)13-5-7-26-18(9-13)15(10-24-26)20(29)23-11-19(27)28/h3-5,7-10,17H,1-2,6,11H2,(H,23,29)(H,27,28). The molecule has 29 heavy (non-hydrogen) atoms. The van der Waals surface area contributed by atoms with E-state index in [1.807, 2.05) is 4.90 Å². The summed E-state index contributed by atoms with van der Waals surface area (Å²) in [5, 5.41) is 15.2. The van der Waals surface area contributed by atoms with Gasteiger partial charge in [0.25, 0.3) is 5.91 Å². The van der Waals surface area contributed by atoms with E-state index in [1.165, 1.54) is 16.8 Å². The second-order valence-corrected chi connectivity index (χ2v) is 6.87. The number of hydrogen-bond acceptors (Lipinski definition) is 4. The Morgan fingerprint density at radius 2 is 2.07 bits per heavy atom. The number of rotatable bonds is 5. The maximum absolute atomic E-state index is 14.3. The molecule has 1 fully saturated rings. The first kappa shape index (κ1) is 18.9. The van der Waals surface area contributed by atoms with E-state index in [1.54, 1.807) is 18.3 Å². The summed E-state index contributed by atoms with van der Waals surface area (Å²) in [5.74, 6) is -2.64. The molecule has 2 N–H and O–H groups in total. The van der Waals surface area contributed by atoms with Crippen LogP contribution >= 0.6 is 0 Å². The Bertz CT molecular complexity index is 1100. The number of anilines is 1. The van der Waals surface area contributed by atoms with Gasteiger partial charge in [-0.15, -0.1) is 0 Å². The zero-order valence-corrected chi connectivity index (χ0v) is 15.3. The Hall–Kier alpha value is -3.49. The predicted molar refractivity (Wildman–Crippen MR) is 101 cm³/mol. The molecule has 1 aliphatic heterocycles. The Kier molecular flexibility index (Phi) is 4.87. The van der Waals surface area contributed by atoms with Crippen LogP contribution in [0.4, 0.5) is 14.5 Å². The molecule has 4 rings (SSSR count). The molecule has 3 aromatic rings. The van der Waals surface area contributed by atoms with Gasteiger partial charge < -0.3 is 15.3 Å². The fraction of sp³-hybridized carbons (Fsp3) is 0.250. The highest BCUT2D eigenvalue weighted by Gasteiger charge is 2.29. The molecular formula is C20H18F2N4O3. The van der Waals surface area contributed by atoms with Crippen LogP contribution in [0, 0.1) is 11.6 Å². The maximum Gasteiger partial charge on any atom is 0.322 e. The molecule has 1 aromatic carbocycles. The van der Waals surface area contributed by atoms with Gasteiger partial charge in [-0.05, 0) is 43.2 Å². The summed E-state index contributed by atoms with van der Waals surface area (Å²) in [4.78, 5) is 25.0. The summed E-state index contributed by atoms with van der Waals surface area (Å²) in [6, 6.07) is 6.68. The molecule has 0 bridgehead atoms. The Labute approximate surface area is 164 Å². The smallest absolute Gasteiger partial charge is 0.322 e. The van der Waals surface area contributed by atoms with Crippen molar-refractivity contribution in [2.45, 2.75) is 18.9 Å². The van der Waals surface area contributed by atoms with Crippen molar-refractivity contribution >= 4 is 23.1 Å². The van der Waals surface area contributed by atoms with Gasteiger partial charge >= 0.3 is 5.97 Å². The van der Waals surface area contributed by atoms with Crippen LogP contribution in [0.1, 0.15) is 34.8 Å². The van der Waals surface area contributed by atoms with Gasteiger partial charge in [-0.25, -0.2) is 13.3 Å². The first-order valence-corrected chi connectivity index (χ1v) is 9.13. The van der Waals surface area contributed by atoms with Crippen LogP contribution in [0.2, 0.25) is 0 Å². The van der Waals surface area contributed by atoms with Gasteiger partial charge in [0.1, 0.15) is 18.2 Å². The number of benzene rings is 1. The lowest BCUT2D eigenvalue weighted by Crippen LogP contribution is -2.29. The molecule has 0 spiro atoms. The molecule has 1 aliphatic rings. The summed E-state index contributed by atoms with van der Waals surface area (Å²) in [6.07, 6.45) is 4.54. The number of amides is 1. The summed E-state index contributed by atoms with van der Waals surface area (Å²) in [6.45, 7) is 0.161. The van der Waals surface area contributed by atoms with Crippen LogP contribution in [0.15, 0.2) is 42.7 Å². The SMILES string of the molecule is O=C(O)CNC(=O)c1cnn2ccc(N3CCCC3c3cc(F)ccc3F)cc12. The summed E-state index contributed by atoms with van der Waals surface area (Å²) < 4.78 is 29.5. The molecule has 1 atom stereocenters. The first-order valence-electron chi connectivity index (χ1n) is 9.13. The van der Waals surface area contributed by atoms with Crippen molar-refractivity contribution in [2.24, 2.45) is 0 Å². The summed E-state index contributed by atoms with van der Waals surface area (Å²) >= 11 is 0. The minimum atomic E-state index is -1.15. The van der Waals surface area contributed by atoms with E-state index in [9.17, 15) is 18.4 Å². The lowest BCUT2D eigenvalue weighted by Gasteiger charge is -2.27. The molecular weight excluding hydrogens is 382 g/mol. The van der Waals surface area contributed by atoms with Crippen LogP contribution in [-0.4, -0.2) is 39.7 Å². The number of nitrogens with zero attached hydrogens (tertiary/aromatic N) is 3. The van der Waals surface area contributed by atoms with E-state index in [0.717, 1.165) is 24.2 Å². The van der Waals surface area contributed by atoms with Crippen molar-refractivity contribution in [2.75, 3.05) is 18.0 Å². The number of carboxylic acids is 1. The van der Waals surface area contributed by atoms with Gasteiger partial charge in [-0.3, -0.25) is 9.59 Å². The molecule has 1 saturated heterocycles. The highest BCUT2D eigenvalue weighted by Crippen LogP contribution is 2.38. The zero-order chi connectivity index (χ0) is 20.5. The number of carbonyl (C=O) groups excluding carboxylic acids is 1. The van der Waals surface area contributed by atoms with Gasteiger partial charge in [-0.1, -0.05) is 0 Å². The molecule has 0 saturated carbocycles. The molecule has 150 valence electrons. The van der Waals surface area contributed by atoms with Crippen molar-refractivity contribution in [3.63, 3.8) is 0 Å². The fourth-order valence-corrected chi connectivity index (χ4v) is 3.74. The fourth-order valence-electron chi connectivity index (χ4n) is 3.74. The van der Waals surface area contributed by atoms with Crippen molar-refractivity contribution in [3.8, 4) is 0 Å². The van der Waals surface area contributed by atoms with Crippen molar-refractivity contribution < 1.29 is 23.5 Å². The number of nitrogens with one attached hydrogen (secondary N) is 1. The van der Waals surface area contributed by atoms with Gasteiger partial charge in [0.05, 0.1) is 23.3 Å². The third kappa shape index (κ3) is 3.63. The van der Waals surface area contributed by atoms with E-state index in [2.05, 4.69) is 10.4 Å². The average Bonchev–Trinajstić information content (AvgIpc) is 3.34. The quantitative estimate of drug-likeness (QED) is 0.688. The molecule has 1 unspecified atom stereocenters. The molecule has 2 aromatic heterocycles. The molecule has 3 heterocycles. The Balaban J connectivity index is 1.68. The number of carbonyl (C=O) groups is 2. The van der Waals surface area contributed by atoms with E-state index in [-0.39, 0.29) is 11.6 Å². The average molecular weight is 400 g/mol. The number of aliphatic carboxylic acids is 1. The highest BCUT2D eigenvalue weighted by atomic mass is 19.1. The van der Waals surface area contributed by atoms with Gasteiger partial charge in [0.15, 0.2) is 0 Å². The predicted octanol–water partition coefficient (Wildman–Crippen LogP) is 2.77. The van der Waals surface area contributed by atoms with E-state index in [0.29, 0.717) is 24.0 Å². The molecule has 0 aliphatic carbocycles. The van der Waals surface area contributed by atoms with Gasteiger partial charge in [0, 0.05) is 24.0 Å². The number of aromatic nitrogens is 2. The van der Waals surface area contributed by atoms with Crippen LogP contribution in [-0.2, 0) is 4.79 Å². The molecule has 1 amide bonds. The number of halogens is 2. The normalized spacial score (nSPS) is 16.3. The summed E-state index contributed by atoms with van der Waals surface area (Å²) in [5.41, 5.74) is 1.78. The minimum Gasteiger partial charge on any atom is -0.480 e. The summed E-state index contributed by atoms with van der Waals surface area (Å²) in [7, 11) is 0. The lowest BCUT2D eigenvalue weighted by atomic mass is 10.0. The van der Waals surface area contributed by atoms with E-state index >= 15 is 0 Å². The number of hydrogen-bond donors (Lipinski definition) is 2. The lowest BCUT2D eigenvalue weighted by molar-refractivity contribution is -0.135. The Morgan fingerprint density at radius 1 is 1.24 bits per heavy atom. The van der Waals surface area contributed by atoms with Crippen LogP contribution in [0.5, 0.6) is 0 Å². The van der Waals surface area contributed by atoms with Crippen molar-refractivity contribution in [1.29, 1.82) is 0 Å². The second-order valence-electron chi connectivity index (χ2n) is 6.87. The highest BCUT2D eigenvalue weighted by molar-refractivity contribution is 6.02. The number of fused-ring (bicyclic) bond motifs is 1. The van der Waals surface area contributed by atoms with Gasteiger partial charge in [-0.2, -0.15) is 5.10 Å². The minimum absolute atomic E-state index is 0.237. The maximum atomic E-state index is 14.3. The monoisotopic (exact) mass is 400 g/mol. The third-order valence-electron chi connectivity index (χ3n) is 5.05. The largest absolute Gasteiger partial charge is 0.480 e. The molecule has 7 nitrogen and oxygen atoms in total. The third-order valence-corrected chi connectivity index (χ3v) is 5.05. The van der Waals surface area contributed by atoms with E-state index < -0.39 is 30.1 Å².